The van der Waals surface area contributed by atoms with E-state index >= 15 is 0 Å². The van der Waals surface area contributed by atoms with Crippen molar-refractivity contribution in [1.29, 1.82) is 0 Å². The summed E-state index contributed by atoms with van der Waals surface area (Å²) in [6, 6.07) is 6.15. The predicted molar refractivity (Wildman–Crippen MR) is 62.2 cm³/mol. The highest BCUT2D eigenvalue weighted by atomic mass is 127. The maximum atomic E-state index is 4.09. The minimum atomic E-state index is 1.13. The molecule has 0 aliphatic rings. The molecule has 2 rings (SSSR count). The van der Waals surface area contributed by atoms with Crippen LogP contribution in [0.1, 0.15) is 0 Å². The molecule has 12 heavy (non-hydrogen) atoms. The third kappa shape index (κ3) is 1.35. The molecule has 1 aromatic heterocycles. The first-order chi connectivity index (χ1) is 5.79. The Bertz CT molecular complexity index is 387. The lowest BCUT2D eigenvalue weighted by atomic mass is 10.2. The molecule has 0 radical (unpaired) electrons. The van der Waals surface area contributed by atoms with E-state index in [1.54, 1.807) is 0 Å². The molecule has 0 unspecified atom stereocenters. The molecule has 1 heterocycles. The number of pyridine rings is 1. The minimum Gasteiger partial charge on any atom is -0.264 e. The lowest BCUT2D eigenvalue weighted by molar-refractivity contribution is 1.36. The maximum absolute atomic E-state index is 4.09. The van der Waals surface area contributed by atoms with Crippen molar-refractivity contribution in [3.63, 3.8) is 0 Å². The van der Waals surface area contributed by atoms with Crippen LogP contribution in [0.15, 0.2) is 35.1 Å². The van der Waals surface area contributed by atoms with Crippen LogP contribution in [-0.2, 0) is 0 Å². The summed E-state index contributed by atoms with van der Waals surface area (Å²) < 4.78 is 2.36. The third-order valence-corrected chi connectivity index (χ3v) is 3.34. The van der Waals surface area contributed by atoms with Gasteiger partial charge in [-0.15, -0.1) is 0 Å². The highest BCUT2D eigenvalue weighted by Crippen LogP contribution is 2.26. The molecule has 0 spiro atoms. The molecule has 0 bridgehead atoms. The molecule has 0 aliphatic heterocycles. The summed E-state index contributed by atoms with van der Waals surface area (Å²) in [7, 11) is 0. The molecule has 0 saturated carbocycles. The van der Waals surface area contributed by atoms with Gasteiger partial charge < -0.3 is 0 Å². The van der Waals surface area contributed by atoms with Crippen LogP contribution in [0, 0.1) is 3.57 Å². The van der Waals surface area contributed by atoms with E-state index in [2.05, 4.69) is 55.6 Å². The molecule has 0 N–H and O–H groups in total. The number of fused-ring (bicyclic) bond motifs is 1. The summed E-state index contributed by atoms with van der Waals surface area (Å²) in [4.78, 5) is 4.09. The Morgan fingerprint density at radius 3 is 2.75 bits per heavy atom. The molecular formula is C9H5BrIN. The molecule has 0 fully saturated rings. The zero-order valence-electron chi connectivity index (χ0n) is 6.09. The number of hydrogen-bond donors (Lipinski definition) is 0. The van der Waals surface area contributed by atoms with Gasteiger partial charge in [0.2, 0.25) is 0 Å². The summed E-state index contributed by atoms with van der Waals surface area (Å²) >= 11 is 5.81. The highest BCUT2D eigenvalue weighted by Gasteiger charge is 2.00. The zero-order valence-corrected chi connectivity index (χ0v) is 9.83. The normalized spacial score (nSPS) is 10.5. The van der Waals surface area contributed by atoms with Gasteiger partial charge in [0, 0.05) is 25.8 Å². The molecule has 60 valence electrons. The van der Waals surface area contributed by atoms with Crippen molar-refractivity contribution in [3.05, 3.63) is 38.6 Å². The second kappa shape index (κ2) is 3.30. The average Bonchev–Trinajstić information content (AvgIpc) is 2.12. The van der Waals surface area contributed by atoms with Crippen LogP contribution in [-0.4, -0.2) is 4.98 Å². The fourth-order valence-electron chi connectivity index (χ4n) is 1.12. The summed E-state index contributed by atoms with van der Waals surface area (Å²) in [6.07, 6.45) is 3.70. The van der Waals surface area contributed by atoms with Crippen LogP contribution >= 0.6 is 38.5 Å². The van der Waals surface area contributed by atoms with E-state index in [4.69, 9.17) is 0 Å². The molecule has 0 saturated heterocycles. The number of rotatable bonds is 0. The van der Waals surface area contributed by atoms with Crippen LogP contribution in [0.25, 0.3) is 10.8 Å². The number of hydrogen-bond acceptors (Lipinski definition) is 1. The Hall–Kier alpha value is -0.160. The second-order valence-corrected chi connectivity index (χ2v) is 4.47. The van der Waals surface area contributed by atoms with E-state index in [0.717, 1.165) is 4.47 Å². The standard InChI is InChI=1S/C9H5BrIN/c10-8-1-2-9(11)7-5-12-4-3-6(7)8/h1-5H. The van der Waals surface area contributed by atoms with Crippen molar-refractivity contribution in [3.8, 4) is 0 Å². The van der Waals surface area contributed by atoms with Crippen LogP contribution in [0.3, 0.4) is 0 Å². The Labute approximate surface area is 92.5 Å². The summed E-state index contributed by atoms with van der Waals surface area (Å²) in [5, 5.41) is 2.42. The lowest BCUT2D eigenvalue weighted by Crippen LogP contribution is -1.80. The molecule has 2 aromatic rings. The number of nitrogens with zero attached hydrogens (tertiary/aromatic N) is 1. The van der Waals surface area contributed by atoms with Gasteiger partial charge in [-0.1, -0.05) is 15.9 Å². The van der Waals surface area contributed by atoms with Gasteiger partial charge >= 0.3 is 0 Å². The smallest absolute Gasteiger partial charge is 0.0357 e. The highest BCUT2D eigenvalue weighted by molar-refractivity contribution is 14.1. The monoisotopic (exact) mass is 333 g/mol. The quantitative estimate of drug-likeness (QED) is 0.671. The molecule has 1 nitrogen and oxygen atoms in total. The Morgan fingerprint density at radius 2 is 2.00 bits per heavy atom. The fourth-order valence-corrected chi connectivity index (χ4v) is 2.21. The van der Waals surface area contributed by atoms with Crippen molar-refractivity contribution in [2.45, 2.75) is 0 Å². The lowest BCUT2D eigenvalue weighted by Gasteiger charge is -2.00. The van der Waals surface area contributed by atoms with Gasteiger partial charge in [0.15, 0.2) is 0 Å². The van der Waals surface area contributed by atoms with Crippen LogP contribution in [0.4, 0.5) is 0 Å². The van der Waals surface area contributed by atoms with Gasteiger partial charge in [-0.05, 0) is 46.2 Å². The predicted octanol–water partition coefficient (Wildman–Crippen LogP) is 3.60. The van der Waals surface area contributed by atoms with E-state index in [1.165, 1.54) is 14.3 Å². The van der Waals surface area contributed by atoms with Crippen molar-refractivity contribution < 1.29 is 0 Å². The van der Waals surface area contributed by atoms with Crippen LogP contribution < -0.4 is 0 Å². The van der Waals surface area contributed by atoms with Crippen LogP contribution in [0.5, 0.6) is 0 Å². The molecule has 3 heteroatoms. The van der Waals surface area contributed by atoms with Crippen molar-refractivity contribution in [2.24, 2.45) is 0 Å². The van der Waals surface area contributed by atoms with E-state index in [-0.39, 0.29) is 0 Å². The third-order valence-electron chi connectivity index (χ3n) is 1.71. The largest absolute Gasteiger partial charge is 0.264 e. The molecule has 0 amide bonds. The molecular weight excluding hydrogens is 329 g/mol. The van der Waals surface area contributed by atoms with Gasteiger partial charge in [-0.2, -0.15) is 0 Å². The van der Waals surface area contributed by atoms with Gasteiger partial charge in [-0.3, -0.25) is 4.98 Å². The zero-order chi connectivity index (χ0) is 8.55. The number of aromatic nitrogens is 1. The first kappa shape index (κ1) is 8.44. The van der Waals surface area contributed by atoms with Gasteiger partial charge in [0.1, 0.15) is 0 Å². The molecule has 1 aromatic carbocycles. The van der Waals surface area contributed by atoms with Crippen molar-refractivity contribution >= 4 is 49.3 Å². The molecule has 0 atom stereocenters. The average molecular weight is 334 g/mol. The summed E-state index contributed by atoms with van der Waals surface area (Å²) in [5.74, 6) is 0. The van der Waals surface area contributed by atoms with Crippen molar-refractivity contribution in [1.82, 2.24) is 4.98 Å². The number of halogens is 2. The van der Waals surface area contributed by atoms with Gasteiger partial charge in [-0.25, -0.2) is 0 Å². The minimum absolute atomic E-state index is 1.13. The Balaban J connectivity index is 2.95. The van der Waals surface area contributed by atoms with E-state index in [0.29, 0.717) is 0 Å². The van der Waals surface area contributed by atoms with Crippen molar-refractivity contribution in [2.75, 3.05) is 0 Å². The summed E-state index contributed by atoms with van der Waals surface area (Å²) in [6.45, 7) is 0. The van der Waals surface area contributed by atoms with E-state index in [1.807, 2.05) is 18.5 Å². The van der Waals surface area contributed by atoms with Crippen LogP contribution in [0.2, 0.25) is 0 Å². The van der Waals surface area contributed by atoms with E-state index < -0.39 is 0 Å². The fraction of sp³-hybridized carbons (Fsp3) is 0. The number of benzene rings is 1. The second-order valence-electron chi connectivity index (χ2n) is 2.45. The Morgan fingerprint density at radius 1 is 1.17 bits per heavy atom. The first-order valence-corrected chi connectivity index (χ1v) is 5.34. The SMILES string of the molecule is Brc1ccc(I)c2cnccc12. The Kier molecular flexibility index (Phi) is 2.32. The topological polar surface area (TPSA) is 12.9 Å². The first-order valence-electron chi connectivity index (χ1n) is 3.47. The van der Waals surface area contributed by atoms with Gasteiger partial charge in [0.05, 0.1) is 0 Å². The molecule has 0 aliphatic carbocycles. The summed E-state index contributed by atoms with van der Waals surface area (Å²) in [5.41, 5.74) is 0. The maximum Gasteiger partial charge on any atom is 0.0357 e. The van der Waals surface area contributed by atoms with E-state index in [9.17, 15) is 0 Å². The van der Waals surface area contributed by atoms with Gasteiger partial charge in [0.25, 0.3) is 0 Å².